The Kier molecular flexibility index (Phi) is 5.97. The van der Waals surface area contributed by atoms with Gasteiger partial charge in [-0.1, -0.05) is 0 Å². The number of anilines is 1. The first kappa shape index (κ1) is 18.7. The van der Waals surface area contributed by atoms with E-state index in [4.69, 9.17) is 4.74 Å². The van der Waals surface area contributed by atoms with E-state index in [0.29, 0.717) is 18.0 Å². The number of carbonyl (C=O) groups excluding carboxylic acids is 1. The molecular weight excluding hydrogens is 347 g/mol. The molecule has 0 heterocycles. The summed E-state index contributed by atoms with van der Waals surface area (Å²) in [6.07, 6.45) is 0. The third-order valence-corrected chi connectivity index (χ3v) is 5.19. The van der Waals surface area contributed by atoms with Gasteiger partial charge in [0.05, 0.1) is 17.2 Å². The molecule has 6 nitrogen and oxygen atoms in total. The Morgan fingerprint density at radius 2 is 1.72 bits per heavy atom. The van der Waals surface area contributed by atoms with Gasteiger partial charge < -0.3 is 10.1 Å². The highest BCUT2D eigenvalue weighted by Gasteiger charge is 2.27. The van der Waals surface area contributed by atoms with Gasteiger partial charge in [-0.15, -0.1) is 0 Å². The summed E-state index contributed by atoms with van der Waals surface area (Å²) in [7, 11) is -2.62. The van der Waals surface area contributed by atoms with Crippen LogP contribution in [0.3, 0.4) is 0 Å². The number of nitrogens with zero attached hydrogens (tertiary/aromatic N) is 1. The number of halogens is 1. The molecule has 0 unspecified atom stereocenters. The van der Waals surface area contributed by atoms with Crippen LogP contribution in [0, 0.1) is 5.82 Å². The van der Waals surface area contributed by atoms with Gasteiger partial charge >= 0.3 is 0 Å². The molecule has 2 rings (SSSR count). The number of nitrogens with one attached hydrogen (secondary N) is 1. The smallest absolute Gasteiger partial charge is 0.264 e. The zero-order valence-electron chi connectivity index (χ0n) is 13.9. The number of hydrogen-bond acceptors (Lipinski definition) is 4. The summed E-state index contributed by atoms with van der Waals surface area (Å²) >= 11 is 0. The molecule has 0 aromatic heterocycles. The Morgan fingerprint density at radius 3 is 2.24 bits per heavy atom. The SMILES string of the molecule is CCOc1ccc(N(CC(=O)NC)S(=O)(=O)c2ccc(F)cc2)cc1. The highest BCUT2D eigenvalue weighted by molar-refractivity contribution is 7.92. The molecule has 0 bridgehead atoms. The number of carbonyl (C=O) groups is 1. The minimum absolute atomic E-state index is 0.105. The molecule has 0 atom stereocenters. The zero-order valence-corrected chi connectivity index (χ0v) is 14.7. The van der Waals surface area contributed by atoms with E-state index in [9.17, 15) is 17.6 Å². The summed E-state index contributed by atoms with van der Waals surface area (Å²) < 4.78 is 45.2. The summed E-state index contributed by atoms with van der Waals surface area (Å²) in [4.78, 5) is 11.7. The normalized spacial score (nSPS) is 11.0. The second-order valence-corrected chi connectivity index (χ2v) is 6.93. The monoisotopic (exact) mass is 366 g/mol. The molecule has 0 aliphatic rings. The molecule has 0 aliphatic heterocycles. The van der Waals surface area contributed by atoms with E-state index in [1.807, 2.05) is 6.92 Å². The Morgan fingerprint density at radius 1 is 1.12 bits per heavy atom. The predicted octanol–water partition coefficient (Wildman–Crippen LogP) is 2.17. The molecule has 134 valence electrons. The van der Waals surface area contributed by atoms with Crippen molar-refractivity contribution in [2.75, 3.05) is 24.5 Å². The van der Waals surface area contributed by atoms with E-state index < -0.39 is 28.3 Å². The third kappa shape index (κ3) is 4.48. The van der Waals surface area contributed by atoms with Gasteiger partial charge in [0.15, 0.2) is 0 Å². The summed E-state index contributed by atoms with van der Waals surface area (Å²) in [5.41, 5.74) is 0.302. The minimum Gasteiger partial charge on any atom is -0.494 e. The number of amides is 1. The summed E-state index contributed by atoms with van der Waals surface area (Å²) in [6.45, 7) is 1.92. The molecule has 8 heteroatoms. The quantitative estimate of drug-likeness (QED) is 0.815. The second kappa shape index (κ2) is 7.98. The van der Waals surface area contributed by atoms with Crippen LogP contribution in [0.4, 0.5) is 10.1 Å². The van der Waals surface area contributed by atoms with Crippen molar-refractivity contribution in [2.45, 2.75) is 11.8 Å². The molecule has 0 radical (unpaired) electrons. The largest absolute Gasteiger partial charge is 0.494 e. The molecular formula is C17H19FN2O4S. The van der Waals surface area contributed by atoms with E-state index in [2.05, 4.69) is 5.32 Å². The highest BCUT2D eigenvalue weighted by Crippen LogP contribution is 2.26. The Hall–Kier alpha value is -2.61. The van der Waals surface area contributed by atoms with Crippen LogP contribution in [0.25, 0.3) is 0 Å². The molecule has 1 N–H and O–H groups in total. The van der Waals surface area contributed by atoms with Crippen LogP contribution < -0.4 is 14.4 Å². The fourth-order valence-electron chi connectivity index (χ4n) is 2.13. The maximum atomic E-state index is 13.1. The Bertz CT molecular complexity index is 821. The maximum Gasteiger partial charge on any atom is 0.264 e. The van der Waals surface area contributed by atoms with Gasteiger partial charge in [-0.05, 0) is 55.5 Å². The average molecular weight is 366 g/mol. The van der Waals surface area contributed by atoms with Crippen LogP contribution in [0.1, 0.15) is 6.92 Å². The second-order valence-electron chi connectivity index (χ2n) is 5.07. The van der Waals surface area contributed by atoms with Gasteiger partial charge in [0.2, 0.25) is 5.91 Å². The molecule has 0 saturated heterocycles. The van der Waals surface area contributed by atoms with Crippen LogP contribution in [-0.4, -0.2) is 34.5 Å². The molecule has 2 aromatic rings. The molecule has 25 heavy (non-hydrogen) atoms. The number of rotatable bonds is 7. The van der Waals surface area contributed by atoms with Crippen LogP contribution >= 0.6 is 0 Å². The predicted molar refractivity (Wildman–Crippen MR) is 92.6 cm³/mol. The lowest BCUT2D eigenvalue weighted by molar-refractivity contribution is -0.119. The lowest BCUT2D eigenvalue weighted by Gasteiger charge is -2.24. The zero-order chi connectivity index (χ0) is 18.4. The summed E-state index contributed by atoms with van der Waals surface area (Å²) in [5, 5.41) is 2.40. The maximum absolute atomic E-state index is 13.1. The van der Waals surface area contributed by atoms with Crippen molar-refractivity contribution in [3.63, 3.8) is 0 Å². The molecule has 2 aromatic carbocycles. The Balaban J connectivity index is 2.44. The van der Waals surface area contributed by atoms with Crippen molar-refractivity contribution in [1.29, 1.82) is 0 Å². The fraction of sp³-hybridized carbons (Fsp3) is 0.235. The highest BCUT2D eigenvalue weighted by atomic mass is 32.2. The van der Waals surface area contributed by atoms with Crippen molar-refractivity contribution >= 4 is 21.6 Å². The first-order chi connectivity index (χ1) is 11.9. The van der Waals surface area contributed by atoms with Gasteiger partial charge in [0.25, 0.3) is 10.0 Å². The summed E-state index contributed by atoms with van der Waals surface area (Å²) in [6, 6.07) is 10.8. The topological polar surface area (TPSA) is 75.7 Å². The van der Waals surface area contributed by atoms with Gasteiger partial charge in [-0.25, -0.2) is 12.8 Å². The first-order valence-electron chi connectivity index (χ1n) is 7.60. The van der Waals surface area contributed by atoms with E-state index in [0.717, 1.165) is 28.6 Å². The lowest BCUT2D eigenvalue weighted by atomic mass is 10.3. The van der Waals surface area contributed by atoms with E-state index in [-0.39, 0.29) is 4.90 Å². The van der Waals surface area contributed by atoms with Crippen molar-refractivity contribution in [2.24, 2.45) is 0 Å². The van der Waals surface area contributed by atoms with Crippen molar-refractivity contribution in [3.05, 3.63) is 54.3 Å². The van der Waals surface area contributed by atoms with Gasteiger partial charge in [0, 0.05) is 7.05 Å². The van der Waals surface area contributed by atoms with Crippen LogP contribution in [0.5, 0.6) is 5.75 Å². The van der Waals surface area contributed by atoms with Crippen LogP contribution in [-0.2, 0) is 14.8 Å². The molecule has 0 fully saturated rings. The average Bonchev–Trinajstić information content (AvgIpc) is 2.61. The van der Waals surface area contributed by atoms with Crippen LogP contribution in [0.2, 0.25) is 0 Å². The number of likely N-dealkylation sites (N-methyl/N-ethyl adjacent to an activating group) is 1. The number of ether oxygens (including phenoxy) is 1. The van der Waals surface area contributed by atoms with Crippen molar-refractivity contribution in [1.82, 2.24) is 5.32 Å². The molecule has 0 aliphatic carbocycles. The number of benzene rings is 2. The number of sulfonamides is 1. The van der Waals surface area contributed by atoms with E-state index in [1.54, 1.807) is 24.3 Å². The minimum atomic E-state index is -4.04. The lowest BCUT2D eigenvalue weighted by Crippen LogP contribution is -2.39. The van der Waals surface area contributed by atoms with Gasteiger partial charge in [0.1, 0.15) is 18.1 Å². The Labute approximate surface area is 146 Å². The third-order valence-electron chi connectivity index (χ3n) is 3.40. The standard InChI is InChI=1S/C17H19FN2O4S/c1-3-24-15-8-6-14(7-9-15)20(12-17(21)19-2)25(22,23)16-10-4-13(18)5-11-16/h4-11H,3,12H2,1-2H3,(H,19,21). The molecule has 1 amide bonds. The van der Waals surface area contributed by atoms with Gasteiger partial charge in [-0.2, -0.15) is 0 Å². The van der Waals surface area contributed by atoms with E-state index >= 15 is 0 Å². The van der Waals surface area contributed by atoms with E-state index in [1.165, 1.54) is 7.05 Å². The number of hydrogen-bond donors (Lipinski definition) is 1. The molecule has 0 saturated carbocycles. The molecule has 0 spiro atoms. The van der Waals surface area contributed by atoms with Crippen molar-refractivity contribution < 1.29 is 22.3 Å². The fourth-order valence-corrected chi connectivity index (χ4v) is 3.55. The van der Waals surface area contributed by atoms with Gasteiger partial charge in [-0.3, -0.25) is 9.10 Å². The van der Waals surface area contributed by atoms with Crippen molar-refractivity contribution in [3.8, 4) is 5.75 Å². The summed E-state index contributed by atoms with van der Waals surface area (Å²) in [5.74, 6) is -0.428. The van der Waals surface area contributed by atoms with Crippen LogP contribution in [0.15, 0.2) is 53.4 Å². The first-order valence-corrected chi connectivity index (χ1v) is 9.04.